The number of anilines is 1. The van der Waals surface area contributed by atoms with E-state index in [0.717, 1.165) is 98.3 Å². The van der Waals surface area contributed by atoms with E-state index in [1.165, 1.54) is 19.3 Å². The van der Waals surface area contributed by atoms with Gasteiger partial charge in [0.25, 0.3) is 0 Å². The topological polar surface area (TPSA) is 102 Å². The summed E-state index contributed by atoms with van der Waals surface area (Å²) in [5.74, 6) is 1.92. The summed E-state index contributed by atoms with van der Waals surface area (Å²) in [6.07, 6.45) is 9.10. The van der Waals surface area contributed by atoms with Gasteiger partial charge in [-0.2, -0.15) is 0 Å². The Morgan fingerprint density at radius 3 is 2.22 bits per heavy atom. The number of nitrogens with one attached hydrogen (secondary N) is 2. The van der Waals surface area contributed by atoms with Crippen molar-refractivity contribution in [2.24, 2.45) is 17.8 Å². The number of hydrogen-bond donors (Lipinski definition) is 3. The van der Waals surface area contributed by atoms with Crippen LogP contribution in [0.4, 0.5) is 10.5 Å². The van der Waals surface area contributed by atoms with Crippen LogP contribution in [-0.2, 0) is 25.6 Å². The van der Waals surface area contributed by atoms with Crippen LogP contribution in [0.1, 0.15) is 86.9 Å². The number of carbonyl (C=O) groups is 1. The zero-order chi connectivity index (χ0) is 30.4. The molecule has 9 heteroatoms. The molecule has 0 radical (unpaired) electrons. The first-order chi connectivity index (χ1) is 21.9. The van der Waals surface area contributed by atoms with Crippen molar-refractivity contribution in [2.75, 3.05) is 38.2 Å². The number of aliphatic hydroxyl groups excluding tert-OH is 1. The van der Waals surface area contributed by atoms with Gasteiger partial charge in [0.15, 0.2) is 12.1 Å². The normalized spacial score (nSPS) is 35.5. The fourth-order valence-corrected chi connectivity index (χ4v) is 9.61. The molecule has 7 aliphatic rings. The number of amides is 2. The van der Waals surface area contributed by atoms with Crippen LogP contribution in [0.15, 0.2) is 48.5 Å². The summed E-state index contributed by atoms with van der Waals surface area (Å²) in [4.78, 5) is 15.8. The van der Waals surface area contributed by atoms with Gasteiger partial charge in [-0.1, -0.05) is 36.4 Å². The Labute approximate surface area is 265 Å². The zero-order valence-electron chi connectivity index (χ0n) is 26.1. The lowest BCUT2D eigenvalue weighted by molar-refractivity contribution is -0.255. The lowest BCUT2D eigenvalue weighted by atomic mass is 9.53. The molecule has 7 fully saturated rings. The molecule has 2 amide bonds. The lowest BCUT2D eigenvalue weighted by Gasteiger charge is -2.56. The lowest BCUT2D eigenvalue weighted by Crippen LogP contribution is -2.60. The number of aliphatic hydroxyl groups is 1. The Kier molecular flexibility index (Phi) is 8.12. The van der Waals surface area contributed by atoms with Gasteiger partial charge in [-0.3, -0.25) is 0 Å². The molecular formula is C36H47N3O6. The summed E-state index contributed by atoms with van der Waals surface area (Å²) in [6, 6.07) is 15.8. The summed E-state index contributed by atoms with van der Waals surface area (Å²) in [5.41, 5.74) is 3.53. The van der Waals surface area contributed by atoms with Crippen LogP contribution in [0.2, 0.25) is 0 Å². The maximum absolute atomic E-state index is 13.3. The second-order valence-electron chi connectivity index (χ2n) is 14.7. The molecule has 3 atom stereocenters. The minimum absolute atomic E-state index is 0.0142. The molecule has 4 saturated carbocycles. The van der Waals surface area contributed by atoms with E-state index in [-0.39, 0.29) is 30.4 Å². The minimum atomic E-state index is -0.572. The van der Waals surface area contributed by atoms with Gasteiger partial charge in [-0.15, -0.1) is 0 Å². The van der Waals surface area contributed by atoms with E-state index >= 15 is 0 Å². The van der Waals surface area contributed by atoms with Gasteiger partial charge in [0, 0.05) is 55.7 Å². The van der Waals surface area contributed by atoms with Crippen LogP contribution in [0.5, 0.6) is 0 Å². The molecule has 3 N–H and O–H groups in total. The van der Waals surface area contributed by atoms with Crippen molar-refractivity contribution in [2.45, 2.75) is 94.2 Å². The molecule has 9 nitrogen and oxygen atoms in total. The first-order valence-electron chi connectivity index (χ1n) is 17.1. The molecule has 4 aliphatic carbocycles. The maximum atomic E-state index is 13.3. The number of nitrogens with zero attached hydrogens (tertiary/aromatic N) is 1. The Bertz CT molecular complexity index is 1320. The Morgan fingerprint density at radius 2 is 1.56 bits per heavy atom. The molecule has 45 heavy (non-hydrogen) atoms. The molecule has 9 rings (SSSR count). The van der Waals surface area contributed by atoms with Crippen LogP contribution in [0.25, 0.3) is 0 Å². The molecule has 2 aromatic carbocycles. The number of hydrogen-bond acceptors (Lipinski definition) is 7. The number of rotatable bonds is 7. The van der Waals surface area contributed by atoms with E-state index in [0.29, 0.717) is 13.2 Å². The molecule has 3 heterocycles. The van der Waals surface area contributed by atoms with Crippen LogP contribution in [0.3, 0.4) is 0 Å². The first-order valence-corrected chi connectivity index (χ1v) is 17.1. The number of benzene rings is 2. The second-order valence-corrected chi connectivity index (χ2v) is 14.7. The highest BCUT2D eigenvalue weighted by atomic mass is 16.7. The standard InChI is InChI=1S/C36H47N3O6/c40-23-24-4-6-28(7-5-24)32-18-31(22-39-10-8-36(9-11-39)42-12-13-43-36)44-33(45-32)29-2-1-3-30(17-29)37-34(41)38-35-19-25-14-26(20-35)16-27(15-25)21-35/h1-7,17,25-27,31-33,40H,8-16,18-23H2,(H2,37,38,41)/t25?,26?,27?,31-,32+,33+,35?/m1/s1. The quantitative estimate of drug-likeness (QED) is 0.369. The summed E-state index contributed by atoms with van der Waals surface area (Å²) in [7, 11) is 0. The molecule has 1 spiro atoms. The van der Waals surface area contributed by atoms with Crippen molar-refractivity contribution in [3.05, 3.63) is 65.2 Å². The van der Waals surface area contributed by atoms with E-state index < -0.39 is 12.1 Å². The molecule has 0 aromatic heterocycles. The van der Waals surface area contributed by atoms with Crippen molar-refractivity contribution in [3.8, 4) is 0 Å². The number of ether oxygens (including phenoxy) is 4. The molecule has 2 aromatic rings. The SMILES string of the molecule is O=C(Nc1cccc([C@H]2O[C@@H](CN3CCC4(CC3)OCCO4)C[C@@H](c3ccc(CO)cc3)O2)c1)NC12CC3CC(CC(C3)C1)C2. The van der Waals surface area contributed by atoms with E-state index in [1.807, 2.05) is 48.5 Å². The number of carbonyl (C=O) groups excluding carboxylic acids is 1. The average Bonchev–Trinajstić information content (AvgIpc) is 3.49. The fraction of sp³-hybridized carbons (Fsp3) is 0.639. The van der Waals surface area contributed by atoms with Crippen molar-refractivity contribution in [1.29, 1.82) is 0 Å². The van der Waals surface area contributed by atoms with Gasteiger partial charge in [0.2, 0.25) is 0 Å². The number of urea groups is 1. The first kappa shape index (κ1) is 29.8. The van der Waals surface area contributed by atoms with Gasteiger partial charge in [-0.25, -0.2) is 4.79 Å². The Balaban J connectivity index is 0.957. The zero-order valence-corrected chi connectivity index (χ0v) is 26.1. The fourth-order valence-electron chi connectivity index (χ4n) is 9.61. The minimum Gasteiger partial charge on any atom is -0.392 e. The van der Waals surface area contributed by atoms with Crippen LogP contribution in [0, 0.1) is 17.8 Å². The third-order valence-corrected chi connectivity index (χ3v) is 11.3. The monoisotopic (exact) mass is 617 g/mol. The Hall–Kier alpha value is -2.53. The third kappa shape index (κ3) is 6.40. The molecule has 3 aliphatic heterocycles. The number of likely N-dealkylation sites (tertiary alicyclic amines) is 1. The van der Waals surface area contributed by atoms with Crippen LogP contribution in [-0.4, -0.2) is 66.3 Å². The van der Waals surface area contributed by atoms with Crippen molar-refractivity contribution < 1.29 is 28.8 Å². The second kappa shape index (κ2) is 12.2. The maximum Gasteiger partial charge on any atom is 0.319 e. The molecule has 3 saturated heterocycles. The highest BCUT2D eigenvalue weighted by Gasteiger charge is 2.51. The molecule has 242 valence electrons. The predicted octanol–water partition coefficient (Wildman–Crippen LogP) is 5.65. The highest BCUT2D eigenvalue weighted by Crippen LogP contribution is 2.55. The van der Waals surface area contributed by atoms with E-state index in [4.69, 9.17) is 18.9 Å². The summed E-state index contributed by atoms with van der Waals surface area (Å²) < 4.78 is 25.1. The molecule has 4 bridgehead atoms. The van der Waals surface area contributed by atoms with E-state index in [1.54, 1.807) is 0 Å². The van der Waals surface area contributed by atoms with E-state index in [2.05, 4.69) is 15.5 Å². The third-order valence-electron chi connectivity index (χ3n) is 11.3. The molecular weight excluding hydrogens is 570 g/mol. The number of piperidine rings is 1. The van der Waals surface area contributed by atoms with Crippen LogP contribution < -0.4 is 10.6 Å². The van der Waals surface area contributed by atoms with Crippen molar-refractivity contribution >= 4 is 11.7 Å². The summed E-state index contributed by atoms with van der Waals surface area (Å²) >= 11 is 0. The van der Waals surface area contributed by atoms with Gasteiger partial charge < -0.3 is 39.6 Å². The van der Waals surface area contributed by atoms with Gasteiger partial charge >= 0.3 is 6.03 Å². The highest BCUT2D eigenvalue weighted by molar-refractivity contribution is 5.90. The van der Waals surface area contributed by atoms with Crippen molar-refractivity contribution in [1.82, 2.24) is 10.2 Å². The van der Waals surface area contributed by atoms with Gasteiger partial charge in [0.05, 0.1) is 32.0 Å². The molecule has 0 unspecified atom stereocenters. The predicted molar refractivity (Wildman–Crippen MR) is 168 cm³/mol. The van der Waals surface area contributed by atoms with Gasteiger partial charge in [0.1, 0.15) is 0 Å². The average molecular weight is 618 g/mol. The summed E-state index contributed by atoms with van der Waals surface area (Å²) in [6.45, 7) is 3.98. The van der Waals surface area contributed by atoms with E-state index in [9.17, 15) is 9.90 Å². The van der Waals surface area contributed by atoms with Crippen molar-refractivity contribution in [3.63, 3.8) is 0 Å². The van der Waals surface area contributed by atoms with Crippen LogP contribution >= 0.6 is 0 Å². The van der Waals surface area contributed by atoms with Gasteiger partial charge in [-0.05, 0) is 79.5 Å². The smallest absolute Gasteiger partial charge is 0.319 e. The summed E-state index contributed by atoms with van der Waals surface area (Å²) in [5, 5.41) is 16.1. The Morgan fingerprint density at radius 1 is 0.867 bits per heavy atom. The largest absolute Gasteiger partial charge is 0.392 e.